The van der Waals surface area contributed by atoms with Crippen molar-refractivity contribution >= 4 is 26.7 Å². The molecule has 0 spiro atoms. The number of benzene rings is 1. The number of imidazole rings is 1. The lowest BCUT2D eigenvalue weighted by Crippen LogP contribution is -2.41. The van der Waals surface area contributed by atoms with Crippen molar-refractivity contribution in [3.8, 4) is 0 Å². The SMILES string of the molecule is O=[N+]([O-])c1ccc2c(c1)nc1n2CCN(CCc2ccccn2)S1(=O)=O. The fourth-order valence-electron chi connectivity index (χ4n) is 3.09. The topological polar surface area (TPSA) is 111 Å². The van der Waals surface area contributed by atoms with Crippen LogP contribution in [0, 0.1) is 10.1 Å². The quantitative estimate of drug-likeness (QED) is 0.507. The van der Waals surface area contributed by atoms with E-state index in [0.717, 1.165) is 5.69 Å². The van der Waals surface area contributed by atoms with E-state index in [9.17, 15) is 18.5 Å². The Bertz CT molecular complexity index is 1090. The number of hydrogen-bond acceptors (Lipinski definition) is 6. The molecule has 1 aliphatic heterocycles. The van der Waals surface area contributed by atoms with Crippen molar-refractivity contribution in [1.29, 1.82) is 0 Å². The molecule has 3 aromatic rings. The Morgan fingerprint density at radius 1 is 1.19 bits per heavy atom. The number of hydrogen-bond donors (Lipinski definition) is 0. The van der Waals surface area contributed by atoms with Crippen molar-refractivity contribution in [2.75, 3.05) is 13.1 Å². The maximum atomic E-state index is 12.9. The highest BCUT2D eigenvalue weighted by molar-refractivity contribution is 7.89. The zero-order valence-corrected chi connectivity index (χ0v) is 14.5. The van der Waals surface area contributed by atoms with Crippen molar-refractivity contribution in [2.45, 2.75) is 18.1 Å². The first kappa shape index (κ1) is 16.6. The van der Waals surface area contributed by atoms with Crippen molar-refractivity contribution in [1.82, 2.24) is 18.8 Å². The molecule has 26 heavy (non-hydrogen) atoms. The molecule has 134 valence electrons. The molecule has 0 fully saturated rings. The van der Waals surface area contributed by atoms with Crippen LogP contribution in [0.4, 0.5) is 5.69 Å². The Labute approximate surface area is 149 Å². The van der Waals surface area contributed by atoms with Gasteiger partial charge in [0.2, 0.25) is 5.16 Å². The minimum absolute atomic E-state index is 0.0692. The summed E-state index contributed by atoms with van der Waals surface area (Å²) in [5.41, 5.74) is 1.60. The smallest absolute Gasteiger partial charge is 0.277 e. The zero-order chi connectivity index (χ0) is 18.3. The maximum Gasteiger partial charge on any atom is 0.277 e. The second kappa shape index (κ2) is 6.15. The van der Waals surface area contributed by atoms with Crippen LogP contribution < -0.4 is 0 Å². The summed E-state index contributed by atoms with van der Waals surface area (Å²) in [6.07, 6.45) is 2.18. The zero-order valence-electron chi connectivity index (χ0n) is 13.6. The van der Waals surface area contributed by atoms with Crippen LogP contribution in [0.15, 0.2) is 47.8 Å². The van der Waals surface area contributed by atoms with E-state index in [2.05, 4.69) is 9.97 Å². The number of nitrogens with zero attached hydrogens (tertiary/aromatic N) is 5. The molecule has 0 aliphatic carbocycles. The van der Waals surface area contributed by atoms with Crippen LogP contribution in [0.3, 0.4) is 0 Å². The fourth-order valence-corrected chi connectivity index (χ4v) is 4.65. The number of fused-ring (bicyclic) bond motifs is 3. The molecule has 10 heteroatoms. The highest BCUT2D eigenvalue weighted by atomic mass is 32.2. The molecule has 1 aliphatic rings. The average molecular weight is 373 g/mol. The highest BCUT2D eigenvalue weighted by Gasteiger charge is 2.34. The number of aromatic nitrogens is 3. The number of rotatable bonds is 4. The van der Waals surface area contributed by atoms with Crippen molar-refractivity contribution in [2.24, 2.45) is 0 Å². The van der Waals surface area contributed by atoms with E-state index in [1.54, 1.807) is 16.8 Å². The third-order valence-corrected chi connectivity index (χ3v) is 6.21. The van der Waals surface area contributed by atoms with Crippen LogP contribution in [-0.2, 0) is 23.0 Å². The maximum absolute atomic E-state index is 12.9. The van der Waals surface area contributed by atoms with Gasteiger partial charge in [0, 0.05) is 50.1 Å². The monoisotopic (exact) mass is 373 g/mol. The minimum Gasteiger partial charge on any atom is -0.312 e. The number of nitro benzene ring substituents is 1. The van der Waals surface area contributed by atoms with Gasteiger partial charge in [0.1, 0.15) is 0 Å². The molecule has 0 bridgehead atoms. The van der Waals surface area contributed by atoms with E-state index in [0.29, 0.717) is 37.1 Å². The van der Waals surface area contributed by atoms with Gasteiger partial charge in [-0.3, -0.25) is 15.1 Å². The van der Waals surface area contributed by atoms with Gasteiger partial charge >= 0.3 is 0 Å². The second-order valence-electron chi connectivity index (χ2n) is 5.95. The van der Waals surface area contributed by atoms with Crippen LogP contribution >= 0.6 is 0 Å². The van der Waals surface area contributed by atoms with Gasteiger partial charge in [-0.15, -0.1) is 0 Å². The van der Waals surface area contributed by atoms with Crippen LogP contribution in [0.25, 0.3) is 11.0 Å². The van der Waals surface area contributed by atoms with Gasteiger partial charge in [0.15, 0.2) is 0 Å². The molecule has 0 amide bonds. The molecule has 0 unspecified atom stereocenters. The first-order valence-corrected chi connectivity index (χ1v) is 9.45. The molecule has 4 rings (SSSR count). The van der Waals surface area contributed by atoms with Gasteiger partial charge in [0.05, 0.1) is 16.0 Å². The summed E-state index contributed by atoms with van der Waals surface area (Å²) in [6, 6.07) is 9.72. The summed E-state index contributed by atoms with van der Waals surface area (Å²) < 4.78 is 28.8. The minimum atomic E-state index is -3.76. The average Bonchev–Trinajstić information content (AvgIpc) is 3.01. The van der Waals surface area contributed by atoms with Crippen molar-refractivity contribution in [3.05, 3.63) is 58.4 Å². The van der Waals surface area contributed by atoms with E-state index >= 15 is 0 Å². The Morgan fingerprint density at radius 3 is 2.77 bits per heavy atom. The Morgan fingerprint density at radius 2 is 2.04 bits per heavy atom. The molecule has 0 radical (unpaired) electrons. The largest absolute Gasteiger partial charge is 0.312 e. The predicted molar refractivity (Wildman–Crippen MR) is 93.1 cm³/mol. The molecular formula is C16H15N5O4S. The summed E-state index contributed by atoms with van der Waals surface area (Å²) >= 11 is 0. The van der Waals surface area contributed by atoms with Gasteiger partial charge in [-0.25, -0.2) is 13.4 Å². The molecule has 2 aromatic heterocycles. The van der Waals surface area contributed by atoms with Crippen LogP contribution in [0.5, 0.6) is 0 Å². The molecule has 0 N–H and O–H groups in total. The molecule has 3 heterocycles. The van der Waals surface area contributed by atoms with Crippen LogP contribution in [-0.4, -0.2) is 45.3 Å². The number of sulfonamides is 1. The van der Waals surface area contributed by atoms with Gasteiger partial charge in [-0.2, -0.15) is 4.31 Å². The summed E-state index contributed by atoms with van der Waals surface area (Å²) in [7, 11) is -3.76. The van der Waals surface area contributed by atoms with E-state index in [1.165, 1.54) is 16.4 Å². The van der Waals surface area contributed by atoms with E-state index in [4.69, 9.17) is 0 Å². The molecule has 9 nitrogen and oxygen atoms in total. The third kappa shape index (κ3) is 2.72. The van der Waals surface area contributed by atoms with Gasteiger partial charge in [-0.05, 0) is 18.2 Å². The lowest BCUT2D eigenvalue weighted by Gasteiger charge is -2.27. The first-order chi connectivity index (χ1) is 12.5. The molecule has 0 atom stereocenters. The van der Waals surface area contributed by atoms with Crippen molar-refractivity contribution in [3.63, 3.8) is 0 Å². The van der Waals surface area contributed by atoms with Gasteiger partial charge in [-0.1, -0.05) is 6.07 Å². The molecular weight excluding hydrogens is 358 g/mol. The first-order valence-electron chi connectivity index (χ1n) is 8.01. The Hall–Kier alpha value is -2.85. The van der Waals surface area contributed by atoms with Crippen LogP contribution in [0.2, 0.25) is 0 Å². The highest BCUT2D eigenvalue weighted by Crippen LogP contribution is 2.28. The Kier molecular flexibility index (Phi) is 3.93. The third-order valence-electron chi connectivity index (χ3n) is 4.39. The lowest BCUT2D eigenvalue weighted by atomic mass is 10.2. The summed E-state index contributed by atoms with van der Waals surface area (Å²) in [5, 5.41) is 10.9. The fraction of sp³-hybridized carbons (Fsp3) is 0.250. The van der Waals surface area contributed by atoms with Crippen molar-refractivity contribution < 1.29 is 13.3 Å². The number of non-ortho nitro benzene ring substituents is 1. The molecule has 0 saturated heterocycles. The summed E-state index contributed by atoms with van der Waals surface area (Å²) in [4.78, 5) is 18.8. The Balaban J connectivity index is 1.67. The molecule has 1 aromatic carbocycles. The predicted octanol–water partition coefficient (Wildman–Crippen LogP) is 1.59. The van der Waals surface area contributed by atoms with E-state index < -0.39 is 14.9 Å². The number of pyridine rings is 1. The normalized spacial score (nSPS) is 16.5. The van der Waals surface area contributed by atoms with Gasteiger partial charge < -0.3 is 4.57 Å². The standard InChI is InChI=1S/C16H15N5O4S/c22-21(23)13-4-5-15-14(11-13)18-16-20(15)10-9-19(26(16,24)25)8-6-12-3-1-2-7-17-12/h1-5,7,11H,6,8-10H2. The molecule has 0 saturated carbocycles. The van der Waals surface area contributed by atoms with E-state index in [-0.39, 0.29) is 10.8 Å². The summed E-state index contributed by atoms with van der Waals surface area (Å²) in [6.45, 7) is 1.08. The summed E-state index contributed by atoms with van der Waals surface area (Å²) in [5.74, 6) is 0. The second-order valence-corrected chi connectivity index (χ2v) is 7.78. The van der Waals surface area contributed by atoms with Crippen LogP contribution in [0.1, 0.15) is 5.69 Å². The number of nitro groups is 1. The van der Waals surface area contributed by atoms with Gasteiger partial charge in [0.25, 0.3) is 15.7 Å². The van der Waals surface area contributed by atoms with E-state index in [1.807, 2.05) is 18.2 Å². The lowest BCUT2D eigenvalue weighted by molar-refractivity contribution is -0.384.